The molecule has 0 spiro atoms. The number of hydrogen-bond donors (Lipinski definition) is 3. The highest BCUT2D eigenvalue weighted by Crippen LogP contribution is 2.23. The fourth-order valence-electron chi connectivity index (χ4n) is 2.07. The summed E-state index contributed by atoms with van der Waals surface area (Å²) in [6, 6.07) is 7.49. The summed E-state index contributed by atoms with van der Waals surface area (Å²) in [5.41, 5.74) is 1.29. The summed E-state index contributed by atoms with van der Waals surface area (Å²) in [4.78, 5) is 13.6. The molecule has 0 unspecified atom stereocenters. The molecule has 0 radical (unpaired) electrons. The number of nitrogens with one attached hydrogen (secondary N) is 1. The molecule has 5 nitrogen and oxygen atoms in total. The molecule has 5 heteroatoms. The van der Waals surface area contributed by atoms with Crippen molar-refractivity contribution in [3.63, 3.8) is 0 Å². The Morgan fingerprint density at radius 1 is 1.09 bits per heavy atom. The van der Waals surface area contributed by atoms with Gasteiger partial charge in [0, 0.05) is 24.7 Å². The van der Waals surface area contributed by atoms with Crippen LogP contribution in [0.5, 0.6) is 0 Å². The van der Waals surface area contributed by atoms with Crippen molar-refractivity contribution in [1.29, 1.82) is 0 Å². The molecule has 1 aromatic carbocycles. The minimum atomic E-state index is -0.706. The number of aliphatic hydroxyl groups excluding tert-OH is 2. The number of aliphatic hydroxyl groups is 2. The van der Waals surface area contributed by atoms with Gasteiger partial charge in [-0.1, -0.05) is 39.8 Å². The Kier molecular flexibility index (Phi) is 5.97. The average Bonchev–Trinajstić information content (AvgIpc) is 2.46. The molecular weight excluding hydrogens is 280 g/mol. The summed E-state index contributed by atoms with van der Waals surface area (Å²) >= 11 is 0. The van der Waals surface area contributed by atoms with Crippen LogP contribution < -0.4 is 5.32 Å². The Bertz CT molecular complexity index is 488. The summed E-state index contributed by atoms with van der Waals surface area (Å²) in [5, 5.41) is 21.4. The predicted octanol–water partition coefficient (Wildman–Crippen LogP) is 2.44. The lowest BCUT2D eigenvalue weighted by Gasteiger charge is -2.30. The van der Waals surface area contributed by atoms with Crippen LogP contribution in [0.2, 0.25) is 0 Å². The zero-order chi connectivity index (χ0) is 17.0. The molecule has 0 saturated heterocycles. The fraction of sp³-hybridized carbons (Fsp3) is 0.588. The largest absolute Gasteiger partial charge is 0.396 e. The first kappa shape index (κ1) is 18.5. The van der Waals surface area contributed by atoms with Gasteiger partial charge >= 0.3 is 6.03 Å². The van der Waals surface area contributed by atoms with Crippen molar-refractivity contribution < 1.29 is 15.0 Å². The van der Waals surface area contributed by atoms with Crippen LogP contribution in [0.4, 0.5) is 10.5 Å². The van der Waals surface area contributed by atoms with E-state index in [9.17, 15) is 15.0 Å². The van der Waals surface area contributed by atoms with Crippen LogP contribution in [0.15, 0.2) is 24.3 Å². The van der Waals surface area contributed by atoms with Gasteiger partial charge in [0.1, 0.15) is 0 Å². The molecule has 0 heterocycles. The molecule has 124 valence electrons. The summed E-state index contributed by atoms with van der Waals surface area (Å²) in [5.74, 6) is 0. The monoisotopic (exact) mass is 308 g/mol. The minimum absolute atomic E-state index is 0.0728. The first-order valence-electron chi connectivity index (χ1n) is 7.46. The van der Waals surface area contributed by atoms with Crippen LogP contribution in [0, 0.1) is 5.41 Å². The molecule has 22 heavy (non-hydrogen) atoms. The Hall–Kier alpha value is -1.59. The van der Waals surface area contributed by atoms with E-state index in [-0.39, 0.29) is 31.2 Å². The van der Waals surface area contributed by atoms with E-state index >= 15 is 0 Å². The third-order valence-electron chi connectivity index (χ3n) is 3.73. The van der Waals surface area contributed by atoms with E-state index in [1.54, 1.807) is 14.0 Å². The Morgan fingerprint density at radius 2 is 1.59 bits per heavy atom. The van der Waals surface area contributed by atoms with Gasteiger partial charge in [-0.25, -0.2) is 4.79 Å². The van der Waals surface area contributed by atoms with E-state index < -0.39 is 5.41 Å². The third-order valence-corrected chi connectivity index (χ3v) is 3.73. The molecule has 0 fully saturated rings. The maximum absolute atomic E-state index is 12.2. The van der Waals surface area contributed by atoms with E-state index in [2.05, 4.69) is 26.1 Å². The van der Waals surface area contributed by atoms with Crippen LogP contribution in [-0.2, 0) is 5.41 Å². The molecule has 0 aliphatic rings. The maximum atomic E-state index is 12.2. The highest BCUT2D eigenvalue weighted by atomic mass is 16.3. The van der Waals surface area contributed by atoms with Gasteiger partial charge in [-0.2, -0.15) is 0 Å². The van der Waals surface area contributed by atoms with Gasteiger partial charge in [-0.3, -0.25) is 0 Å². The lowest BCUT2D eigenvalue weighted by atomic mass is 9.87. The average molecular weight is 308 g/mol. The van der Waals surface area contributed by atoms with Gasteiger partial charge in [0.05, 0.1) is 13.2 Å². The first-order chi connectivity index (χ1) is 10.1. The normalized spacial score (nSPS) is 12.1. The first-order valence-corrected chi connectivity index (χ1v) is 7.46. The number of hydrogen-bond acceptors (Lipinski definition) is 3. The van der Waals surface area contributed by atoms with Gasteiger partial charge < -0.3 is 20.4 Å². The highest BCUT2D eigenvalue weighted by Gasteiger charge is 2.26. The summed E-state index contributed by atoms with van der Waals surface area (Å²) in [6.07, 6.45) is 0. The molecular formula is C17H28N2O3. The van der Waals surface area contributed by atoms with Crippen LogP contribution >= 0.6 is 0 Å². The Morgan fingerprint density at radius 3 is 2.00 bits per heavy atom. The Balaban J connectivity index is 2.68. The van der Waals surface area contributed by atoms with Crippen LogP contribution in [0.3, 0.4) is 0 Å². The predicted molar refractivity (Wildman–Crippen MR) is 89.1 cm³/mol. The lowest BCUT2D eigenvalue weighted by Crippen LogP contribution is -2.43. The minimum Gasteiger partial charge on any atom is -0.396 e. The SMILES string of the molecule is CN(CC(C)(CO)CO)C(=O)Nc1ccc(C(C)(C)C)cc1. The van der Waals surface area contributed by atoms with Gasteiger partial charge in [-0.15, -0.1) is 0 Å². The molecule has 0 aliphatic heterocycles. The van der Waals surface area contributed by atoms with E-state index in [4.69, 9.17) is 0 Å². The number of benzene rings is 1. The Labute approximate surface area is 133 Å². The van der Waals surface area contributed by atoms with E-state index in [0.29, 0.717) is 0 Å². The number of amides is 2. The second-order valence-corrected chi connectivity index (χ2v) is 7.24. The number of nitrogens with zero attached hydrogens (tertiary/aromatic N) is 1. The standard InChI is InChI=1S/C17H28N2O3/c1-16(2,3)13-6-8-14(9-7-13)18-15(22)19(5)10-17(4,11-20)12-21/h6-9,20-21H,10-12H2,1-5H3,(H,18,22). The van der Waals surface area contributed by atoms with Crippen molar-refractivity contribution in [2.24, 2.45) is 5.41 Å². The van der Waals surface area contributed by atoms with E-state index in [0.717, 1.165) is 5.69 Å². The van der Waals surface area contributed by atoms with Gasteiger partial charge in [0.25, 0.3) is 0 Å². The van der Waals surface area contributed by atoms with Crippen molar-refractivity contribution in [3.8, 4) is 0 Å². The van der Waals surface area contributed by atoms with Gasteiger partial charge in [0.2, 0.25) is 0 Å². The van der Waals surface area contributed by atoms with Crippen LogP contribution in [0.1, 0.15) is 33.3 Å². The van der Waals surface area contributed by atoms with Crippen molar-refractivity contribution in [2.75, 3.05) is 32.1 Å². The lowest BCUT2D eigenvalue weighted by molar-refractivity contribution is 0.0509. The zero-order valence-corrected chi connectivity index (χ0v) is 14.2. The van der Waals surface area contributed by atoms with Gasteiger partial charge in [0.15, 0.2) is 0 Å². The number of anilines is 1. The molecule has 0 bridgehead atoms. The summed E-state index contributed by atoms with van der Waals surface area (Å²) in [6.45, 7) is 8.06. The zero-order valence-electron chi connectivity index (χ0n) is 14.2. The van der Waals surface area contributed by atoms with E-state index in [1.807, 2.05) is 24.3 Å². The van der Waals surface area contributed by atoms with Crippen LogP contribution in [0.25, 0.3) is 0 Å². The summed E-state index contributed by atoms with van der Waals surface area (Å²) < 4.78 is 0. The molecule has 2 amide bonds. The molecule has 3 N–H and O–H groups in total. The number of rotatable bonds is 5. The fourth-order valence-corrected chi connectivity index (χ4v) is 2.07. The van der Waals surface area contributed by atoms with Crippen molar-refractivity contribution in [2.45, 2.75) is 33.1 Å². The van der Waals surface area contributed by atoms with Crippen molar-refractivity contribution in [3.05, 3.63) is 29.8 Å². The number of urea groups is 1. The van der Waals surface area contributed by atoms with Gasteiger partial charge in [-0.05, 0) is 23.1 Å². The molecule has 0 saturated carbocycles. The highest BCUT2D eigenvalue weighted by molar-refractivity contribution is 5.89. The second-order valence-electron chi connectivity index (χ2n) is 7.24. The topological polar surface area (TPSA) is 72.8 Å². The molecule has 1 rings (SSSR count). The van der Waals surface area contributed by atoms with Crippen molar-refractivity contribution in [1.82, 2.24) is 4.90 Å². The quantitative estimate of drug-likeness (QED) is 0.782. The molecule has 1 aromatic rings. The smallest absolute Gasteiger partial charge is 0.321 e. The summed E-state index contributed by atoms with van der Waals surface area (Å²) in [7, 11) is 1.64. The maximum Gasteiger partial charge on any atom is 0.321 e. The van der Waals surface area contributed by atoms with E-state index in [1.165, 1.54) is 10.5 Å². The van der Waals surface area contributed by atoms with Crippen LogP contribution in [-0.4, -0.2) is 48.0 Å². The molecule has 0 aromatic heterocycles. The van der Waals surface area contributed by atoms with Crippen molar-refractivity contribution >= 4 is 11.7 Å². The third kappa shape index (κ3) is 5.00. The number of carbonyl (C=O) groups excluding carboxylic acids is 1. The molecule has 0 aliphatic carbocycles. The second kappa shape index (κ2) is 7.11. The molecule has 0 atom stereocenters. The number of carbonyl (C=O) groups is 1.